The minimum atomic E-state index is -4.37. The van der Waals surface area contributed by atoms with E-state index in [1.807, 2.05) is 6.07 Å². The Morgan fingerprint density at radius 1 is 1.17 bits per heavy atom. The number of alkyl halides is 3. The van der Waals surface area contributed by atoms with Crippen LogP contribution in [0.15, 0.2) is 70.0 Å². The van der Waals surface area contributed by atoms with Gasteiger partial charge in [-0.25, -0.2) is 9.48 Å². The maximum atomic E-state index is 12.3. The van der Waals surface area contributed by atoms with Crippen LogP contribution in [0.1, 0.15) is 30.0 Å². The van der Waals surface area contributed by atoms with Crippen LogP contribution in [0.25, 0.3) is 28.2 Å². The van der Waals surface area contributed by atoms with Crippen LogP contribution in [0.5, 0.6) is 0 Å². The van der Waals surface area contributed by atoms with Crippen molar-refractivity contribution < 1.29 is 13.2 Å². The molecule has 0 amide bonds. The summed E-state index contributed by atoms with van der Waals surface area (Å²) >= 11 is 0. The van der Waals surface area contributed by atoms with Crippen LogP contribution in [0.2, 0.25) is 0 Å². The van der Waals surface area contributed by atoms with E-state index in [1.165, 1.54) is 12.4 Å². The minimum Gasteiger partial charge on any atom is -0.313 e. The minimum absolute atomic E-state index is 0.315. The quantitative estimate of drug-likeness (QED) is 0.464. The standard InChI is InChI=1S/C14H15N5O2.C10H6F3N/c1-3-19-12(15-2)9(8-4-5-8)6-11(18-19)10-7-16-14(21)17-13(10)20;11-10(12,13)9-5-7-3-1-2-4-8(7)6-14-9/h3,6-8H,1,4-5H2,2H3,(H2,16,17,20,21);1-6H. The number of hydrogen-bond donors (Lipinski definition) is 2. The molecule has 3 heterocycles. The van der Waals surface area contributed by atoms with E-state index in [0.717, 1.165) is 30.0 Å². The zero-order valence-corrected chi connectivity index (χ0v) is 18.6. The first kappa shape index (κ1) is 23.9. The van der Waals surface area contributed by atoms with Crippen molar-refractivity contribution in [2.24, 2.45) is 4.99 Å². The zero-order valence-electron chi connectivity index (χ0n) is 18.6. The fourth-order valence-corrected chi connectivity index (χ4v) is 3.56. The second-order valence-corrected chi connectivity index (χ2v) is 7.83. The maximum Gasteiger partial charge on any atom is 0.433 e. The van der Waals surface area contributed by atoms with Gasteiger partial charge in [-0.2, -0.15) is 18.3 Å². The lowest BCUT2D eigenvalue weighted by Crippen LogP contribution is -2.27. The Hall–Kier alpha value is -4.28. The molecule has 0 radical (unpaired) electrons. The maximum absolute atomic E-state index is 12.3. The second kappa shape index (κ2) is 9.53. The molecule has 1 saturated carbocycles. The lowest BCUT2D eigenvalue weighted by atomic mass is 10.1. The van der Waals surface area contributed by atoms with E-state index in [9.17, 15) is 22.8 Å². The van der Waals surface area contributed by atoms with Gasteiger partial charge in [0, 0.05) is 36.6 Å². The molecule has 1 fully saturated rings. The van der Waals surface area contributed by atoms with Crippen molar-refractivity contribution in [2.45, 2.75) is 24.9 Å². The normalized spacial score (nSPS) is 13.9. The fourth-order valence-electron chi connectivity index (χ4n) is 3.56. The first-order valence-electron chi connectivity index (χ1n) is 10.6. The topological polar surface area (TPSA) is 109 Å². The summed E-state index contributed by atoms with van der Waals surface area (Å²) in [4.78, 5) is 35.3. The number of H-pyrrole nitrogens is 2. The second-order valence-electron chi connectivity index (χ2n) is 7.83. The molecule has 0 aliphatic heterocycles. The van der Waals surface area contributed by atoms with Gasteiger partial charge < -0.3 is 4.98 Å². The number of pyridine rings is 1. The first-order valence-corrected chi connectivity index (χ1v) is 10.6. The summed E-state index contributed by atoms with van der Waals surface area (Å²) in [6, 6.07) is 9.73. The molecule has 4 aromatic rings. The van der Waals surface area contributed by atoms with Gasteiger partial charge >= 0.3 is 11.9 Å². The molecular formula is C24H21F3N6O2. The van der Waals surface area contributed by atoms with Gasteiger partial charge in [-0.3, -0.25) is 19.8 Å². The predicted molar refractivity (Wildman–Crippen MR) is 125 cm³/mol. The summed E-state index contributed by atoms with van der Waals surface area (Å²) in [7, 11) is 1.70. The molecule has 180 valence electrons. The third-order valence-electron chi connectivity index (χ3n) is 5.40. The number of rotatable bonds is 3. The average molecular weight is 482 g/mol. The molecule has 0 atom stereocenters. The summed E-state index contributed by atoms with van der Waals surface area (Å²) in [6.07, 6.45) is 1.99. The molecule has 35 heavy (non-hydrogen) atoms. The number of fused-ring (bicyclic) bond motifs is 1. The van der Waals surface area contributed by atoms with Crippen LogP contribution < -0.4 is 16.7 Å². The van der Waals surface area contributed by atoms with Crippen LogP contribution in [-0.4, -0.2) is 31.8 Å². The highest BCUT2D eigenvalue weighted by molar-refractivity contribution is 5.81. The summed E-state index contributed by atoms with van der Waals surface area (Å²) in [5.74, 6) is 0.443. The molecule has 2 N–H and O–H groups in total. The van der Waals surface area contributed by atoms with Crippen LogP contribution in [0.4, 0.5) is 13.2 Å². The number of aromatic nitrogens is 5. The lowest BCUT2D eigenvalue weighted by molar-refractivity contribution is -0.141. The Kier molecular flexibility index (Phi) is 6.50. The molecule has 0 saturated heterocycles. The Bertz CT molecular complexity index is 1580. The van der Waals surface area contributed by atoms with Crippen molar-refractivity contribution in [3.05, 3.63) is 93.0 Å². The van der Waals surface area contributed by atoms with Crippen LogP contribution >= 0.6 is 0 Å². The smallest absolute Gasteiger partial charge is 0.313 e. The van der Waals surface area contributed by atoms with E-state index in [4.69, 9.17) is 0 Å². The van der Waals surface area contributed by atoms with Crippen molar-refractivity contribution in [3.8, 4) is 11.3 Å². The third kappa shape index (κ3) is 5.29. The molecule has 3 aromatic heterocycles. The van der Waals surface area contributed by atoms with Crippen molar-refractivity contribution in [1.29, 1.82) is 0 Å². The molecule has 0 bridgehead atoms. The van der Waals surface area contributed by atoms with E-state index >= 15 is 0 Å². The van der Waals surface area contributed by atoms with Crippen LogP contribution in [-0.2, 0) is 6.18 Å². The molecule has 1 aromatic carbocycles. The van der Waals surface area contributed by atoms with Gasteiger partial charge in [-0.15, -0.1) is 0 Å². The van der Waals surface area contributed by atoms with E-state index in [2.05, 4.69) is 31.6 Å². The summed E-state index contributed by atoms with van der Waals surface area (Å²) in [6.45, 7) is 3.73. The molecule has 11 heteroatoms. The van der Waals surface area contributed by atoms with Gasteiger partial charge in [0.15, 0.2) is 5.49 Å². The third-order valence-corrected chi connectivity index (χ3v) is 5.40. The SMILES string of the molecule is C=Cn1nc(-c2c[nH]c(=O)[nH]c2=O)cc(C2CC2)c1=NC.FC(F)(F)c1cc2ccccc2cn1. The number of halogens is 3. The molecule has 8 nitrogen and oxygen atoms in total. The zero-order chi connectivity index (χ0) is 25.2. The average Bonchev–Trinajstić information content (AvgIpc) is 3.68. The Morgan fingerprint density at radius 3 is 2.49 bits per heavy atom. The highest BCUT2D eigenvalue weighted by atomic mass is 19.4. The van der Waals surface area contributed by atoms with Crippen LogP contribution in [0.3, 0.4) is 0 Å². The Morgan fingerprint density at radius 2 is 1.89 bits per heavy atom. The Balaban J connectivity index is 0.000000179. The monoisotopic (exact) mass is 482 g/mol. The molecular weight excluding hydrogens is 461 g/mol. The van der Waals surface area contributed by atoms with Crippen LogP contribution in [0, 0.1) is 0 Å². The molecule has 0 unspecified atom stereocenters. The lowest BCUT2D eigenvalue weighted by Gasteiger charge is -2.09. The van der Waals surface area contributed by atoms with E-state index in [0.29, 0.717) is 27.9 Å². The van der Waals surface area contributed by atoms with Crippen molar-refractivity contribution in [3.63, 3.8) is 0 Å². The Labute approximate surface area is 196 Å². The van der Waals surface area contributed by atoms with E-state index < -0.39 is 23.1 Å². The highest BCUT2D eigenvalue weighted by Gasteiger charge is 2.32. The van der Waals surface area contributed by atoms with Crippen molar-refractivity contribution in [1.82, 2.24) is 24.7 Å². The van der Waals surface area contributed by atoms with E-state index in [1.54, 1.807) is 42.2 Å². The largest absolute Gasteiger partial charge is 0.433 e. The number of benzene rings is 1. The van der Waals surface area contributed by atoms with Gasteiger partial charge in [0.2, 0.25) is 0 Å². The number of nitrogens with zero attached hydrogens (tertiary/aromatic N) is 4. The number of hydrogen-bond acceptors (Lipinski definition) is 5. The molecule has 1 aliphatic carbocycles. The highest BCUT2D eigenvalue weighted by Crippen LogP contribution is 2.39. The summed E-state index contributed by atoms with van der Waals surface area (Å²) < 4.78 is 38.3. The summed E-state index contributed by atoms with van der Waals surface area (Å²) in [5, 5.41) is 5.62. The fraction of sp³-hybridized carbons (Fsp3) is 0.208. The molecule has 0 spiro atoms. The van der Waals surface area contributed by atoms with Crippen molar-refractivity contribution >= 4 is 17.0 Å². The van der Waals surface area contributed by atoms with Crippen molar-refractivity contribution in [2.75, 3.05) is 7.05 Å². The molecule has 5 rings (SSSR count). The predicted octanol–water partition coefficient (Wildman–Crippen LogP) is 3.69. The van der Waals surface area contributed by atoms with Gasteiger partial charge in [0.25, 0.3) is 5.56 Å². The summed E-state index contributed by atoms with van der Waals surface area (Å²) in [5.41, 5.74) is 0.741. The van der Waals surface area contributed by atoms with E-state index in [-0.39, 0.29) is 0 Å². The first-order chi connectivity index (χ1) is 16.7. The van der Waals surface area contributed by atoms with Gasteiger partial charge in [-0.1, -0.05) is 30.8 Å². The van der Waals surface area contributed by atoms with Gasteiger partial charge in [0.1, 0.15) is 5.69 Å². The van der Waals surface area contributed by atoms with Gasteiger partial charge in [-0.05, 0) is 36.3 Å². The molecule has 1 aliphatic rings. The number of aromatic amines is 2. The van der Waals surface area contributed by atoms with Gasteiger partial charge in [0.05, 0.1) is 11.3 Å². The number of nitrogens with one attached hydrogen (secondary N) is 2.